The molecule has 0 spiro atoms. The first-order valence-corrected chi connectivity index (χ1v) is 10.1. The summed E-state index contributed by atoms with van der Waals surface area (Å²) in [6.07, 6.45) is 2.23. The Hall–Kier alpha value is -2.64. The van der Waals surface area contributed by atoms with Gasteiger partial charge in [-0.2, -0.15) is 4.98 Å². The minimum atomic E-state index is -0.0431. The molecule has 0 saturated carbocycles. The van der Waals surface area contributed by atoms with Gasteiger partial charge in [-0.3, -0.25) is 9.98 Å². The second-order valence-electron chi connectivity index (χ2n) is 6.27. The van der Waals surface area contributed by atoms with Crippen LogP contribution in [-0.4, -0.2) is 34.2 Å². The molecule has 0 bridgehead atoms. The zero-order valence-electron chi connectivity index (χ0n) is 16.2. The summed E-state index contributed by atoms with van der Waals surface area (Å²) in [7, 11) is 0. The SMILES string of the molecule is CCNC(=NCCc1noc(-c2ccccn2)n1)NC(C)c1ccc(Cl)cc1Cl. The van der Waals surface area contributed by atoms with Crippen molar-refractivity contribution in [2.45, 2.75) is 26.3 Å². The van der Waals surface area contributed by atoms with Crippen LogP contribution in [-0.2, 0) is 6.42 Å². The van der Waals surface area contributed by atoms with Crippen LogP contribution in [0.2, 0.25) is 10.0 Å². The van der Waals surface area contributed by atoms with Crippen molar-refractivity contribution in [1.82, 2.24) is 25.8 Å². The lowest BCUT2D eigenvalue weighted by molar-refractivity contribution is 0.421. The van der Waals surface area contributed by atoms with Gasteiger partial charge >= 0.3 is 0 Å². The molecule has 7 nitrogen and oxygen atoms in total. The lowest BCUT2D eigenvalue weighted by Gasteiger charge is -2.19. The van der Waals surface area contributed by atoms with Crippen LogP contribution >= 0.6 is 23.2 Å². The van der Waals surface area contributed by atoms with E-state index in [9.17, 15) is 0 Å². The third-order valence-corrected chi connectivity index (χ3v) is 4.65. The van der Waals surface area contributed by atoms with E-state index in [1.807, 2.05) is 44.2 Å². The molecule has 1 unspecified atom stereocenters. The molecule has 2 aromatic heterocycles. The topological polar surface area (TPSA) is 88.2 Å². The van der Waals surface area contributed by atoms with Gasteiger partial charge in [-0.1, -0.05) is 40.5 Å². The van der Waals surface area contributed by atoms with Crippen LogP contribution in [0.3, 0.4) is 0 Å². The molecule has 3 aromatic rings. The first-order valence-electron chi connectivity index (χ1n) is 9.30. The van der Waals surface area contributed by atoms with Gasteiger partial charge in [0.25, 0.3) is 5.89 Å². The summed E-state index contributed by atoms with van der Waals surface area (Å²) in [5.41, 5.74) is 1.60. The van der Waals surface area contributed by atoms with Crippen molar-refractivity contribution in [3.8, 4) is 11.6 Å². The Bertz CT molecular complexity index is 961. The number of hydrogen-bond donors (Lipinski definition) is 2. The smallest absolute Gasteiger partial charge is 0.276 e. The standard InChI is InChI=1S/C20H22Cl2N6O/c1-3-23-20(26-13(2)15-8-7-14(21)12-16(15)22)25-11-9-18-27-19(29-28-18)17-6-4-5-10-24-17/h4-8,10,12-13H,3,9,11H2,1-2H3,(H2,23,25,26). The second kappa shape index (κ2) is 10.2. The molecule has 0 aliphatic rings. The summed E-state index contributed by atoms with van der Waals surface area (Å²) in [4.78, 5) is 13.2. The van der Waals surface area contributed by atoms with E-state index >= 15 is 0 Å². The zero-order valence-corrected chi connectivity index (χ0v) is 17.7. The Morgan fingerprint density at radius 2 is 2.10 bits per heavy atom. The molecule has 152 valence electrons. The number of nitrogens with one attached hydrogen (secondary N) is 2. The van der Waals surface area contributed by atoms with Crippen molar-refractivity contribution in [2.24, 2.45) is 4.99 Å². The van der Waals surface area contributed by atoms with Gasteiger partial charge < -0.3 is 15.2 Å². The number of aromatic nitrogens is 3. The number of hydrogen-bond acceptors (Lipinski definition) is 5. The van der Waals surface area contributed by atoms with Gasteiger partial charge in [-0.15, -0.1) is 0 Å². The zero-order chi connectivity index (χ0) is 20.6. The largest absolute Gasteiger partial charge is 0.357 e. The van der Waals surface area contributed by atoms with Gasteiger partial charge in [0.1, 0.15) is 5.69 Å². The van der Waals surface area contributed by atoms with Crippen LogP contribution in [0, 0.1) is 0 Å². The lowest BCUT2D eigenvalue weighted by atomic mass is 10.1. The van der Waals surface area contributed by atoms with Crippen LogP contribution in [0.4, 0.5) is 0 Å². The number of halogens is 2. The molecule has 2 heterocycles. The van der Waals surface area contributed by atoms with Gasteiger partial charge in [0.15, 0.2) is 11.8 Å². The number of pyridine rings is 1. The number of benzene rings is 1. The van der Waals surface area contributed by atoms with E-state index in [1.165, 1.54) is 0 Å². The molecule has 0 radical (unpaired) electrons. The summed E-state index contributed by atoms with van der Waals surface area (Å²) in [5, 5.41) is 11.8. The van der Waals surface area contributed by atoms with Gasteiger partial charge in [-0.25, -0.2) is 0 Å². The fraction of sp³-hybridized carbons (Fsp3) is 0.300. The molecule has 0 saturated heterocycles. The van der Waals surface area contributed by atoms with Crippen molar-refractivity contribution in [3.05, 3.63) is 64.0 Å². The molecule has 3 rings (SSSR count). The normalized spacial score (nSPS) is 12.6. The summed E-state index contributed by atoms with van der Waals surface area (Å²) < 4.78 is 5.27. The summed E-state index contributed by atoms with van der Waals surface area (Å²) >= 11 is 12.3. The average Bonchev–Trinajstić information content (AvgIpc) is 3.17. The van der Waals surface area contributed by atoms with Crippen molar-refractivity contribution in [2.75, 3.05) is 13.1 Å². The minimum absolute atomic E-state index is 0.0431. The highest BCUT2D eigenvalue weighted by molar-refractivity contribution is 6.35. The Morgan fingerprint density at radius 3 is 2.83 bits per heavy atom. The molecule has 2 N–H and O–H groups in total. The maximum atomic E-state index is 6.31. The predicted molar refractivity (Wildman–Crippen MR) is 115 cm³/mol. The molecular weight excluding hydrogens is 411 g/mol. The highest BCUT2D eigenvalue weighted by atomic mass is 35.5. The Labute approximate surface area is 179 Å². The quantitative estimate of drug-likeness (QED) is 0.427. The van der Waals surface area contributed by atoms with Crippen molar-refractivity contribution >= 4 is 29.2 Å². The molecule has 1 aromatic carbocycles. The average molecular weight is 433 g/mol. The highest BCUT2D eigenvalue weighted by Crippen LogP contribution is 2.26. The maximum absolute atomic E-state index is 6.31. The number of nitrogens with zero attached hydrogens (tertiary/aromatic N) is 4. The third kappa shape index (κ3) is 5.92. The summed E-state index contributed by atoms with van der Waals surface area (Å²) in [6, 6.07) is 11.0. The summed E-state index contributed by atoms with van der Waals surface area (Å²) in [6.45, 7) is 5.26. The van der Waals surface area contributed by atoms with Gasteiger partial charge in [0, 0.05) is 35.8 Å². The van der Waals surface area contributed by atoms with E-state index in [4.69, 9.17) is 27.7 Å². The Balaban J connectivity index is 1.61. The highest BCUT2D eigenvalue weighted by Gasteiger charge is 2.12. The van der Waals surface area contributed by atoms with Gasteiger partial charge in [-0.05, 0) is 43.7 Å². The molecule has 0 amide bonds. The predicted octanol–water partition coefficient (Wildman–Crippen LogP) is 4.30. The lowest BCUT2D eigenvalue weighted by Crippen LogP contribution is -2.39. The van der Waals surface area contributed by atoms with E-state index in [0.717, 1.165) is 12.1 Å². The fourth-order valence-electron chi connectivity index (χ4n) is 2.67. The molecule has 0 fully saturated rings. The summed E-state index contributed by atoms with van der Waals surface area (Å²) in [5.74, 6) is 1.67. The van der Waals surface area contributed by atoms with Crippen LogP contribution in [0.1, 0.15) is 31.3 Å². The van der Waals surface area contributed by atoms with Gasteiger partial charge in [0.05, 0.1) is 6.04 Å². The van der Waals surface area contributed by atoms with E-state index < -0.39 is 0 Å². The molecule has 29 heavy (non-hydrogen) atoms. The fourth-order valence-corrected chi connectivity index (χ4v) is 3.24. The van der Waals surface area contributed by atoms with Gasteiger partial charge in [0.2, 0.25) is 0 Å². The first kappa shape index (κ1) is 21.1. The van der Waals surface area contributed by atoms with E-state index in [1.54, 1.807) is 12.3 Å². The maximum Gasteiger partial charge on any atom is 0.276 e. The van der Waals surface area contributed by atoms with Crippen molar-refractivity contribution in [1.29, 1.82) is 0 Å². The minimum Gasteiger partial charge on any atom is -0.357 e. The molecule has 0 aliphatic carbocycles. The number of aliphatic imine (C=N–C) groups is 1. The Kier molecular flexibility index (Phi) is 7.43. The molecule has 1 atom stereocenters. The van der Waals surface area contributed by atoms with E-state index in [0.29, 0.717) is 46.4 Å². The third-order valence-electron chi connectivity index (χ3n) is 4.08. The first-order chi connectivity index (χ1) is 14.1. The molecular formula is C20H22Cl2N6O. The number of guanidine groups is 1. The van der Waals surface area contributed by atoms with E-state index in [2.05, 4.69) is 30.8 Å². The molecule has 9 heteroatoms. The number of rotatable bonds is 7. The van der Waals surface area contributed by atoms with Crippen molar-refractivity contribution < 1.29 is 4.52 Å². The molecule has 0 aliphatic heterocycles. The van der Waals surface area contributed by atoms with E-state index in [-0.39, 0.29) is 6.04 Å². The van der Waals surface area contributed by atoms with Crippen LogP contribution in [0.15, 0.2) is 52.1 Å². The van der Waals surface area contributed by atoms with Crippen LogP contribution < -0.4 is 10.6 Å². The van der Waals surface area contributed by atoms with Crippen LogP contribution in [0.25, 0.3) is 11.6 Å². The van der Waals surface area contributed by atoms with Crippen LogP contribution in [0.5, 0.6) is 0 Å². The Morgan fingerprint density at radius 1 is 1.24 bits per heavy atom. The monoisotopic (exact) mass is 432 g/mol. The second-order valence-corrected chi connectivity index (χ2v) is 7.12. The van der Waals surface area contributed by atoms with Crippen molar-refractivity contribution in [3.63, 3.8) is 0 Å².